The average molecular weight is 349 g/mol. The van der Waals surface area contributed by atoms with Crippen molar-refractivity contribution >= 4 is 21.8 Å². The van der Waals surface area contributed by atoms with Gasteiger partial charge in [-0.05, 0) is 29.3 Å². The Balaban J connectivity index is 1.46. The molecular weight excluding hydrogens is 330 g/mol. The van der Waals surface area contributed by atoms with Crippen molar-refractivity contribution in [3.63, 3.8) is 0 Å². The molecule has 0 bridgehead atoms. The van der Waals surface area contributed by atoms with Crippen molar-refractivity contribution in [1.29, 1.82) is 0 Å². The Hall–Kier alpha value is -3.52. The summed E-state index contributed by atoms with van der Waals surface area (Å²) in [4.78, 5) is 3.58. The van der Waals surface area contributed by atoms with Gasteiger partial charge in [-0.25, -0.2) is 0 Å². The van der Waals surface area contributed by atoms with Crippen molar-refractivity contribution in [1.82, 2.24) is 4.98 Å². The molecule has 0 aliphatic carbocycles. The molecule has 4 aromatic carbocycles. The molecule has 0 aliphatic rings. The molecule has 1 N–H and O–H groups in total. The van der Waals surface area contributed by atoms with Gasteiger partial charge in [-0.15, -0.1) is 0 Å². The molecule has 0 saturated carbocycles. The number of ether oxygens (including phenoxy) is 1. The van der Waals surface area contributed by atoms with E-state index in [1.165, 1.54) is 32.9 Å². The second-order valence-corrected chi connectivity index (χ2v) is 6.70. The van der Waals surface area contributed by atoms with Crippen LogP contribution in [0.2, 0.25) is 0 Å². The summed E-state index contributed by atoms with van der Waals surface area (Å²) in [7, 11) is 0. The lowest BCUT2D eigenvalue weighted by atomic mass is 10.0. The fraction of sp³-hybridized carbons (Fsp3) is 0.0400. The van der Waals surface area contributed by atoms with Crippen LogP contribution in [0.5, 0.6) is 5.75 Å². The first-order valence-electron chi connectivity index (χ1n) is 9.15. The maximum Gasteiger partial charge on any atom is 0.119 e. The van der Waals surface area contributed by atoms with Gasteiger partial charge in [-0.2, -0.15) is 0 Å². The number of para-hydroxylation sites is 3. The van der Waals surface area contributed by atoms with E-state index in [4.69, 9.17) is 4.74 Å². The summed E-state index contributed by atoms with van der Waals surface area (Å²) in [5.74, 6) is 0.893. The number of nitrogens with one attached hydrogen (secondary N) is 1. The number of H-pyrrole nitrogens is 1. The van der Waals surface area contributed by atoms with Crippen LogP contribution in [0.1, 0.15) is 5.56 Å². The molecule has 0 atom stereocenters. The number of hydrogen-bond acceptors (Lipinski definition) is 1. The summed E-state index contributed by atoms with van der Waals surface area (Å²) in [6.45, 7) is 0.570. The van der Waals surface area contributed by atoms with E-state index in [0.717, 1.165) is 11.3 Å². The van der Waals surface area contributed by atoms with Crippen LogP contribution in [-0.4, -0.2) is 4.98 Å². The van der Waals surface area contributed by atoms with Gasteiger partial charge in [0.05, 0.1) is 5.52 Å². The second kappa shape index (κ2) is 6.65. The molecule has 0 aliphatic heterocycles. The molecule has 2 heteroatoms. The van der Waals surface area contributed by atoms with Crippen molar-refractivity contribution in [3.8, 4) is 16.9 Å². The smallest absolute Gasteiger partial charge is 0.119 e. The topological polar surface area (TPSA) is 25.0 Å². The van der Waals surface area contributed by atoms with Crippen molar-refractivity contribution in [2.24, 2.45) is 0 Å². The van der Waals surface area contributed by atoms with Crippen LogP contribution in [0, 0.1) is 0 Å². The van der Waals surface area contributed by atoms with Crippen LogP contribution in [0.3, 0.4) is 0 Å². The summed E-state index contributed by atoms with van der Waals surface area (Å²) >= 11 is 0. The van der Waals surface area contributed by atoms with Gasteiger partial charge in [0.25, 0.3) is 0 Å². The molecule has 0 fully saturated rings. The van der Waals surface area contributed by atoms with E-state index < -0.39 is 0 Å². The molecule has 0 unspecified atom stereocenters. The fourth-order valence-corrected chi connectivity index (χ4v) is 3.58. The van der Waals surface area contributed by atoms with E-state index in [0.29, 0.717) is 6.61 Å². The minimum Gasteiger partial charge on any atom is -0.489 e. The maximum atomic E-state index is 5.84. The van der Waals surface area contributed by atoms with Crippen molar-refractivity contribution in [2.45, 2.75) is 6.61 Å². The minimum absolute atomic E-state index is 0.570. The summed E-state index contributed by atoms with van der Waals surface area (Å²) < 4.78 is 5.84. The molecule has 2 nitrogen and oxygen atoms in total. The summed E-state index contributed by atoms with van der Waals surface area (Å²) in [6.07, 6.45) is 0. The molecule has 1 heterocycles. The summed E-state index contributed by atoms with van der Waals surface area (Å²) in [5, 5.41) is 2.53. The number of aromatic amines is 1. The standard InChI is InChI=1S/C25H19NO/c1-2-7-20(8-3-1)27-17-18-13-15-19(16-14-18)21-10-6-11-23-22-9-4-5-12-24(22)26-25(21)23/h1-16,26H,17H2. The molecule has 5 aromatic rings. The lowest BCUT2D eigenvalue weighted by Crippen LogP contribution is -1.95. The Morgan fingerprint density at radius 1 is 0.630 bits per heavy atom. The van der Waals surface area contributed by atoms with Gasteiger partial charge in [0, 0.05) is 21.9 Å². The highest BCUT2D eigenvalue weighted by molar-refractivity contribution is 6.11. The Bertz CT molecular complexity index is 1200. The van der Waals surface area contributed by atoms with Gasteiger partial charge in [0.2, 0.25) is 0 Å². The lowest BCUT2D eigenvalue weighted by Gasteiger charge is -2.08. The second-order valence-electron chi connectivity index (χ2n) is 6.70. The van der Waals surface area contributed by atoms with Gasteiger partial charge in [-0.3, -0.25) is 0 Å². The van der Waals surface area contributed by atoms with Gasteiger partial charge in [0.1, 0.15) is 12.4 Å². The summed E-state index contributed by atoms with van der Waals surface area (Å²) in [6, 6.07) is 33.5. The van der Waals surface area contributed by atoms with Crippen LogP contribution in [-0.2, 0) is 6.61 Å². The zero-order chi connectivity index (χ0) is 18.1. The highest BCUT2D eigenvalue weighted by Gasteiger charge is 2.09. The predicted octanol–water partition coefficient (Wildman–Crippen LogP) is 6.57. The molecule has 0 radical (unpaired) electrons. The molecule has 0 saturated heterocycles. The first-order chi connectivity index (χ1) is 13.4. The van der Waals surface area contributed by atoms with Gasteiger partial charge in [0.15, 0.2) is 0 Å². The molecule has 130 valence electrons. The fourth-order valence-electron chi connectivity index (χ4n) is 3.58. The van der Waals surface area contributed by atoms with E-state index in [1.54, 1.807) is 0 Å². The number of rotatable bonds is 4. The third kappa shape index (κ3) is 2.96. The third-order valence-corrected chi connectivity index (χ3v) is 4.96. The predicted molar refractivity (Wildman–Crippen MR) is 112 cm³/mol. The number of hydrogen-bond donors (Lipinski definition) is 1. The average Bonchev–Trinajstić information content (AvgIpc) is 3.12. The third-order valence-electron chi connectivity index (χ3n) is 4.96. The van der Waals surface area contributed by atoms with E-state index in [-0.39, 0.29) is 0 Å². The quantitative estimate of drug-likeness (QED) is 0.390. The molecular formula is C25H19NO. The Labute approximate surface area is 158 Å². The van der Waals surface area contributed by atoms with Crippen LogP contribution in [0.4, 0.5) is 0 Å². The van der Waals surface area contributed by atoms with Crippen LogP contribution >= 0.6 is 0 Å². The van der Waals surface area contributed by atoms with Gasteiger partial charge in [-0.1, -0.05) is 78.9 Å². The number of fused-ring (bicyclic) bond motifs is 3. The normalized spacial score (nSPS) is 11.1. The van der Waals surface area contributed by atoms with E-state index >= 15 is 0 Å². The molecule has 0 amide bonds. The van der Waals surface area contributed by atoms with Crippen LogP contribution < -0.4 is 4.74 Å². The monoisotopic (exact) mass is 349 g/mol. The van der Waals surface area contributed by atoms with Crippen LogP contribution in [0.25, 0.3) is 32.9 Å². The summed E-state index contributed by atoms with van der Waals surface area (Å²) in [5.41, 5.74) is 5.95. The van der Waals surface area contributed by atoms with Gasteiger partial charge >= 0.3 is 0 Å². The minimum atomic E-state index is 0.570. The highest BCUT2D eigenvalue weighted by Crippen LogP contribution is 2.33. The molecule has 1 aromatic heterocycles. The molecule has 5 rings (SSSR count). The lowest BCUT2D eigenvalue weighted by molar-refractivity contribution is 0.306. The van der Waals surface area contributed by atoms with Crippen molar-refractivity contribution in [3.05, 3.63) is 103 Å². The van der Waals surface area contributed by atoms with Gasteiger partial charge < -0.3 is 9.72 Å². The Kier molecular flexibility index (Phi) is 3.87. The SMILES string of the molecule is c1ccc(OCc2ccc(-c3cccc4c3[nH]c3ccccc34)cc2)cc1. The highest BCUT2D eigenvalue weighted by atomic mass is 16.5. The van der Waals surface area contributed by atoms with Crippen molar-refractivity contribution in [2.75, 3.05) is 0 Å². The largest absolute Gasteiger partial charge is 0.489 e. The molecule has 0 spiro atoms. The first-order valence-corrected chi connectivity index (χ1v) is 9.15. The number of benzene rings is 4. The van der Waals surface area contributed by atoms with E-state index in [1.807, 2.05) is 30.3 Å². The van der Waals surface area contributed by atoms with Crippen LogP contribution in [0.15, 0.2) is 97.1 Å². The zero-order valence-corrected chi connectivity index (χ0v) is 14.9. The Morgan fingerprint density at radius 2 is 1.37 bits per heavy atom. The molecule has 27 heavy (non-hydrogen) atoms. The number of aromatic nitrogens is 1. The Morgan fingerprint density at radius 3 is 2.22 bits per heavy atom. The van der Waals surface area contributed by atoms with Crippen molar-refractivity contribution < 1.29 is 4.74 Å². The maximum absolute atomic E-state index is 5.84. The zero-order valence-electron chi connectivity index (χ0n) is 14.9. The first kappa shape index (κ1) is 15.7. The van der Waals surface area contributed by atoms with E-state index in [9.17, 15) is 0 Å². The van der Waals surface area contributed by atoms with E-state index in [2.05, 4.69) is 71.7 Å².